The summed E-state index contributed by atoms with van der Waals surface area (Å²) in [4.78, 5) is 20.0. The van der Waals surface area contributed by atoms with Crippen LogP contribution in [0.2, 0.25) is 0 Å². The Hall–Kier alpha value is -2.28. The van der Waals surface area contributed by atoms with Crippen LogP contribution in [0.25, 0.3) is 5.82 Å². The van der Waals surface area contributed by atoms with Gasteiger partial charge in [0.25, 0.3) is 0 Å². The smallest absolute Gasteiger partial charge is 0.225 e. The second-order valence-corrected chi connectivity index (χ2v) is 4.74. The average Bonchev–Trinajstić information content (AvgIpc) is 3.11. The third-order valence-corrected chi connectivity index (χ3v) is 3.06. The molecule has 1 aliphatic rings. The Morgan fingerprint density at radius 1 is 1.45 bits per heavy atom. The molecule has 3 rings (SSSR count). The highest BCUT2D eigenvalue weighted by atomic mass is 16.1. The van der Waals surface area contributed by atoms with E-state index in [0.29, 0.717) is 30.5 Å². The molecule has 0 bridgehead atoms. The first-order valence-corrected chi connectivity index (χ1v) is 6.66. The monoisotopic (exact) mass is 272 g/mol. The molecule has 0 atom stereocenters. The van der Waals surface area contributed by atoms with Crippen LogP contribution in [0.4, 0.5) is 5.69 Å². The average molecular weight is 272 g/mol. The van der Waals surface area contributed by atoms with Gasteiger partial charge in [0.15, 0.2) is 5.82 Å². The van der Waals surface area contributed by atoms with Crippen LogP contribution >= 0.6 is 0 Å². The molecule has 7 heteroatoms. The molecule has 1 aliphatic carbocycles. The van der Waals surface area contributed by atoms with E-state index in [4.69, 9.17) is 0 Å². The van der Waals surface area contributed by atoms with Gasteiger partial charge in [-0.2, -0.15) is 5.10 Å². The zero-order valence-electron chi connectivity index (χ0n) is 11.0. The predicted octanol–water partition coefficient (Wildman–Crippen LogP) is 0.743. The molecule has 1 amide bonds. The molecule has 20 heavy (non-hydrogen) atoms. The van der Waals surface area contributed by atoms with Gasteiger partial charge in [0.1, 0.15) is 12.7 Å². The topological polar surface area (TPSA) is 84.7 Å². The number of aromatic nitrogens is 4. The fourth-order valence-electron chi connectivity index (χ4n) is 1.88. The lowest BCUT2D eigenvalue weighted by Crippen LogP contribution is -2.23. The fourth-order valence-corrected chi connectivity index (χ4v) is 1.88. The van der Waals surface area contributed by atoms with E-state index in [0.717, 1.165) is 0 Å². The maximum Gasteiger partial charge on any atom is 0.225 e. The molecule has 2 aromatic rings. The molecule has 0 saturated heterocycles. The number of nitrogens with one attached hydrogen (secondary N) is 2. The Labute approximate surface area is 116 Å². The van der Waals surface area contributed by atoms with Crippen LogP contribution in [0, 0.1) is 0 Å². The van der Waals surface area contributed by atoms with Crippen molar-refractivity contribution in [3.63, 3.8) is 0 Å². The number of amides is 1. The second kappa shape index (κ2) is 5.79. The Morgan fingerprint density at radius 3 is 3.10 bits per heavy atom. The number of hydrogen-bond acceptors (Lipinski definition) is 5. The van der Waals surface area contributed by atoms with Gasteiger partial charge < -0.3 is 10.6 Å². The molecule has 1 fully saturated rings. The van der Waals surface area contributed by atoms with Gasteiger partial charge in [-0.1, -0.05) is 0 Å². The lowest BCUT2D eigenvalue weighted by Gasteiger charge is -2.09. The predicted molar refractivity (Wildman–Crippen MR) is 73.4 cm³/mol. The van der Waals surface area contributed by atoms with Crippen molar-refractivity contribution in [2.75, 3.05) is 11.9 Å². The number of hydrogen-bond donors (Lipinski definition) is 2. The summed E-state index contributed by atoms with van der Waals surface area (Å²) >= 11 is 0. The van der Waals surface area contributed by atoms with Gasteiger partial charge in [-0.25, -0.2) is 14.6 Å². The van der Waals surface area contributed by atoms with Gasteiger partial charge in [-0.05, 0) is 25.0 Å². The highest BCUT2D eigenvalue weighted by Crippen LogP contribution is 2.18. The first kappa shape index (κ1) is 12.7. The van der Waals surface area contributed by atoms with Gasteiger partial charge in [0, 0.05) is 25.2 Å². The molecule has 2 N–H and O–H groups in total. The maximum atomic E-state index is 11.9. The molecule has 1 saturated carbocycles. The van der Waals surface area contributed by atoms with Crippen LogP contribution in [0.1, 0.15) is 19.3 Å². The zero-order chi connectivity index (χ0) is 13.8. The molecule has 2 heterocycles. The molecule has 104 valence electrons. The third kappa shape index (κ3) is 3.18. The maximum absolute atomic E-state index is 11.9. The number of carbonyl (C=O) groups is 1. The number of pyridine rings is 1. The van der Waals surface area contributed by atoms with E-state index >= 15 is 0 Å². The van der Waals surface area contributed by atoms with Gasteiger partial charge in [0.2, 0.25) is 5.91 Å². The van der Waals surface area contributed by atoms with E-state index in [9.17, 15) is 4.79 Å². The molecule has 0 radical (unpaired) electrons. The SMILES string of the molecule is O=C(CCNC1CC1)Nc1cccnc1-n1cncn1. The fraction of sp³-hybridized carbons (Fsp3) is 0.385. The number of nitrogens with zero attached hydrogens (tertiary/aromatic N) is 4. The van der Waals surface area contributed by atoms with Crippen LogP contribution in [0.15, 0.2) is 31.0 Å². The second-order valence-electron chi connectivity index (χ2n) is 4.74. The van der Waals surface area contributed by atoms with E-state index in [2.05, 4.69) is 25.7 Å². The van der Waals surface area contributed by atoms with Crippen LogP contribution in [0.3, 0.4) is 0 Å². The highest BCUT2D eigenvalue weighted by molar-refractivity contribution is 5.92. The van der Waals surface area contributed by atoms with Crippen molar-refractivity contribution >= 4 is 11.6 Å². The van der Waals surface area contributed by atoms with Crippen molar-refractivity contribution in [1.29, 1.82) is 0 Å². The van der Waals surface area contributed by atoms with E-state index in [1.165, 1.54) is 23.9 Å². The first-order valence-electron chi connectivity index (χ1n) is 6.66. The summed E-state index contributed by atoms with van der Waals surface area (Å²) in [7, 11) is 0. The van der Waals surface area contributed by atoms with Crippen LogP contribution in [-0.4, -0.2) is 38.2 Å². The van der Waals surface area contributed by atoms with Gasteiger partial charge in [-0.15, -0.1) is 0 Å². The highest BCUT2D eigenvalue weighted by Gasteiger charge is 2.20. The summed E-state index contributed by atoms with van der Waals surface area (Å²) in [5.74, 6) is 0.529. The van der Waals surface area contributed by atoms with Crippen LogP contribution < -0.4 is 10.6 Å². The summed E-state index contributed by atoms with van der Waals surface area (Å²) in [5.41, 5.74) is 0.634. The molecular formula is C13H16N6O. The van der Waals surface area contributed by atoms with Crippen molar-refractivity contribution in [2.45, 2.75) is 25.3 Å². The molecule has 0 aliphatic heterocycles. The Kier molecular flexibility index (Phi) is 3.69. The summed E-state index contributed by atoms with van der Waals surface area (Å²) in [6, 6.07) is 4.20. The lowest BCUT2D eigenvalue weighted by molar-refractivity contribution is -0.116. The van der Waals surface area contributed by atoms with Crippen molar-refractivity contribution < 1.29 is 4.79 Å². The quantitative estimate of drug-likeness (QED) is 0.810. The molecule has 7 nitrogen and oxygen atoms in total. The summed E-state index contributed by atoms with van der Waals surface area (Å²) < 4.78 is 1.53. The minimum atomic E-state index is -0.0347. The minimum Gasteiger partial charge on any atom is -0.323 e. The number of carbonyl (C=O) groups excluding carboxylic acids is 1. The van der Waals surface area contributed by atoms with E-state index in [-0.39, 0.29) is 5.91 Å². The van der Waals surface area contributed by atoms with E-state index < -0.39 is 0 Å². The molecule has 0 spiro atoms. The normalized spacial score (nSPS) is 14.2. The summed E-state index contributed by atoms with van der Waals surface area (Å²) in [6.07, 6.45) is 7.53. The summed E-state index contributed by atoms with van der Waals surface area (Å²) in [6.45, 7) is 0.704. The van der Waals surface area contributed by atoms with E-state index in [1.54, 1.807) is 24.7 Å². The zero-order valence-corrected chi connectivity index (χ0v) is 11.0. The van der Waals surface area contributed by atoms with Crippen molar-refractivity contribution in [3.05, 3.63) is 31.0 Å². The lowest BCUT2D eigenvalue weighted by atomic mass is 10.3. The van der Waals surface area contributed by atoms with Gasteiger partial charge in [-0.3, -0.25) is 4.79 Å². The van der Waals surface area contributed by atoms with Gasteiger partial charge in [0.05, 0.1) is 5.69 Å². The first-order chi connectivity index (χ1) is 9.83. The molecular weight excluding hydrogens is 256 g/mol. The third-order valence-electron chi connectivity index (χ3n) is 3.06. The summed E-state index contributed by atoms with van der Waals surface area (Å²) in [5, 5.41) is 10.2. The Bertz CT molecular complexity index is 578. The molecule has 0 aromatic carbocycles. The largest absolute Gasteiger partial charge is 0.323 e. The minimum absolute atomic E-state index is 0.0347. The molecule has 0 unspecified atom stereocenters. The van der Waals surface area contributed by atoms with Crippen molar-refractivity contribution in [1.82, 2.24) is 25.1 Å². The molecule has 2 aromatic heterocycles. The van der Waals surface area contributed by atoms with Gasteiger partial charge >= 0.3 is 0 Å². The number of anilines is 1. The Balaban J connectivity index is 1.62. The van der Waals surface area contributed by atoms with Crippen LogP contribution in [0.5, 0.6) is 0 Å². The van der Waals surface area contributed by atoms with E-state index in [1.807, 2.05) is 0 Å². The van der Waals surface area contributed by atoms with Crippen molar-refractivity contribution in [2.24, 2.45) is 0 Å². The standard InChI is InChI=1S/C13H16N6O/c20-12(5-7-15-10-3-4-10)18-11-2-1-6-16-13(11)19-9-14-8-17-19/h1-2,6,8-10,15H,3-5,7H2,(H,18,20). The number of rotatable bonds is 6. The Morgan fingerprint density at radius 2 is 2.35 bits per heavy atom. The van der Waals surface area contributed by atoms with Crippen molar-refractivity contribution in [3.8, 4) is 5.82 Å². The van der Waals surface area contributed by atoms with Crippen LogP contribution in [-0.2, 0) is 4.79 Å².